The molecule has 3 aromatic carbocycles. The summed E-state index contributed by atoms with van der Waals surface area (Å²) in [5.74, 6) is -1.14. The first-order chi connectivity index (χ1) is 17.5. The Morgan fingerprint density at radius 2 is 1.86 bits per heavy atom. The average molecular weight is 498 g/mol. The number of aromatic amines is 1. The number of rotatable bonds is 3. The van der Waals surface area contributed by atoms with E-state index < -0.39 is 17.1 Å². The van der Waals surface area contributed by atoms with Gasteiger partial charge in [0.2, 0.25) is 17.7 Å². The summed E-state index contributed by atoms with van der Waals surface area (Å²) < 4.78 is 20.5. The Hall–Kier alpha value is -4.61. The second kappa shape index (κ2) is 7.97. The third-order valence-corrected chi connectivity index (χ3v) is 7.01. The van der Waals surface area contributed by atoms with Gasteiger partial charge in [-0.05, 0) is 18.2 Å². The van der Waals surface area contributed by atoms with Crippen molar-refractivity contribution < 1.29 is 13.9 Å². The lowest BCUT2D eigenvalue weighted by molar-refractivity contribution is -0.121. The van der Waals surface area contributed by atoms with Gasteiger partial charge in [0.25, 0.3) is 0 Å². The molecule has 0 saturated carbocycles. The molecule has 0 saturated heterocycles. The Morgan fingerprint density at radius 1 is 1.11 bits per heavy atom. The van der Waals surface area contributed by atoms with Gasteiger partial charge in [-0.3, -0.25) is 9.89 Å². The van der Waals surface area contributed by atoms with Gasteiger partial charge in [-0.25, -0.2) is 4.39 Å². The van der Waals surface area contributed by atoms with Gasteiger partial charge in [-0.1, -0.05) is 66.2 Å². The van der Waals surface area contributed by atoms with Gasteiger partial charge >= 0.3 is 0 Å². The largest absolute Gasteiger partial charge is 0.420 e. The van der Waals surface area contributed by atoms with Crippen molar-refractivity contribution in [2.45, 2.75) is 12.0 Å². The topological polar surface area (TPSA) is 108 Å². The molecule has 1 amide bonds. The number of carbonyl (C=O) groups is 1. The van der Waals surface area contributed by atoms with Gasteiger partial charge in [0.15, 0.2) is 0 Å². The van der Waals surface area contributed by atoms with Crippen LogP contribution in [0.5, 0.6) is 5.88 Å². The molecule has 176 valence electrons. The number of hydrogen-bond acceptors (Lipinski definition) is 5. The molecule has 3 N–H and O–H groups in total. The lowest BCUT2D eigenvalue weighted by Crippen LogP contribution is -2.45. The van der Waals surface area contributed by atoms with Crippen LogP contribution in [0.25, 0.3) is 11.3 Å². The number of nitrogens with one attached hydrogen (secondary N) is 1. The van der Waals surface area contributed by atoms with Gasteiger partial charge in [-0.2, -0.15) is 5.26 Å². The van der Waals surface area contributed by atoms with Crippen LogP contribution in [-0.2, 0) is 16.8 Å². The first-order valence-corrected chi connectivity index (χ1v) is 11.4. The summed E-state index contributed by atoms with van der Waals surface area (Å²) in [6.45, 7) is -0.142. The van der Waals surface area contributed by atoms with Crippen LogP contribution in [-0.4, -0.2) is 16.1 Å². The molecule has 4 aromatic rings. The average Bonchev–Trinajstić information content (AvgIpc) is 3.41. The number of benzene rings is 3. The fourth-order valence-electron chi connectivity index (χ4n) is 5.10. The molecule has 0 bridgehead atoms. The molecular formula is C27H17ClFN5O2. The molecule has 36 heavy (non-hydrogen) atoms. The maximum absolute atomic E-state index is 14.8. The van der Waals surface area contributed by atoms with Crippen LogP contribution in [0.1, 0.15) is 16.7 Å². The van der Waals surface area contributed by atoms with Crippen LogP contribution in [0.15, 0.2) is 84.3 Å². The summed E-state index contributed by atoms with van der Waals surface area (Å²) in [6, 6.07) is 22.8. The fraction of sp³-hybridized carbons (Fsp3) is 0.0741. The van der Waals surface area contributed by atoms with Crippen LogP contribution in [0.2, 0.25) is 5.02 Å². The summed E-state index contributed by atoms with van der Waals surface area (Å²) >= 11 is 6.31. The van der Waals surface area contributed by atoms with Crippen molar-refractivity contribution in [2.75, 3.05) is 4.90 Å². The minimum absolute atomic E-state index is 0.0619. The summed E-state index contributed by atoms with van der Waals surface area (Å²) in [4.78, 5) is 16.0. The molecule has 0 aliphatic carbocycles. The molecule has 0 fully saturated rings. The minimum atomic E-state index is -1.65. The van der Waals surface area contributed by atoms with Crippen LogP contribution in [0.4, 0.5) is 10.1 Å². The zero-order chi connectivity index (χ0) is 25.0. The first-order valence-electron chi connectivity index (χ1n) is 11.0. The predicted molar refractivity (Wildman–Crippen MR) is 131 cm³/mol. The number of halogens is 2. The second-order valence-electron chi connectivity index (χ2n) is 8.46. The Balaban J connectivity index is 1.65. The highest BCUT2D eigenvalue weighted by atomic mass is 35.5. The van der Waals surface area contributed by atoms with Gasteiger partial charge in [-0.15, -0.1) is 5.10 Å². The van der Waals surface area contributed by atoms with E-state index in [2.05, 4.69) is 16.3 Å². The fourth-order valence-corrected chi connectivity index (χ4v) is 5.32. The molecule has 6 rings (SSSR count). The lowest BCUT2D eigenvalue weighted by Gasteiger charge is -2.33. The van der Waals surface area contributed by atoms with Crippen molar-refractivity contribution in [2.24, 2.45) is 5.73 Å². The number of nitrogens with zero attached hydrogens (tertiary/aromatic N) is 3. The molecule has 3 heterocycles. The molecule has 2 aliphatic heterocycles. The maximum atomic E-state index is 14.8. The molecule has 1 aromatic heterocycles. The van der Waals surface area contributed by atoms with E-state index in [0.717, 1.165) is 5.56 Å². The van der Waals surface area contributed by atoms with E-state index in [0.29, 0.717) is 22.5 Å². The van der Waals surface area contributed by atoms with E-state index in [1.54, 1.807) is 30.3 Å². The number of aromatic nitrogens is 2. The Labute approximate surface area is 210 Å². The summed E-state index contributed by atoms with van der Waals surface area (Å²) in [6.07, 6.45) is 0. The van der Waals surface area contributed by atoms with Gasteiger partial charge < -0.3 is 15.4 Å². The monoisotopic (exact) mass is 497 g/mol. The zero-order valence-corrected chi connectivity index (χ0v) is 19.4. The third-order valence-electron chi connectivity index (χ3n) is 6.65. The molecule has 9 heteroatoms. The van der Waals surface area contributed by atoms with Crippen LogP contribution in [0.3, 0.4) is 0 Å². The van der Waals surface area contributed by atoms with Crippen LogP contribution >= 0.6 is 11.6 Å². The number of anilines is 1. The number of nitrogens with two attached hydrogens (primary N) is 1. The standard InChI is InChI=1S/C27H17ClFN5O2/c28-19-10-6-11-20(29)16(19)14-34-21-12-5-4-9-17(21)27(26(34)35)18(13-30)24(31)36-25-22(27)23(32-33-25)15-7-2-1-3-8-15/h1-12H,14,31H2,(H,32,33)/t27-/m1/s1. The van der Waals surface area contributed by atoms with Crippen LogP contribution in [0, 0.1) is 17.1 Å². The van der Waals surface area contributed by atoms with E-state index in [9.17, 15) is 14.4 Å². The molecule has 0 unspecified atom stereocenters. The molecule has 2 aliphatic rings. The summed E-state index contributed by atoms with van der Waals surface area (Å²) in [7, 11) is 0. The number of fused-ring (bicyclic) bond motifs is 4. The van der Waals surface area contributed by atoms with Gasteiger partial charge in [0.1, 0.15) is 22.9 Å². The number of nitriles is 1. The van der Waals surface area contributed by atoms with E-state index in [-0.39, 0.29) is 34.5 Å². The number of carbonyl (C=O) groups excluding carboxylic acids is 1. The Bertz CT molecular complexity index is 1600. The van der Waals surface area contributed by atoms with Crippen molar-refractivity contribution in [1.29, 1.82) is 5.26 Å². The highest BCUT2D eigenvalue weighted by molar-refractivity contribution is 6.31. The number of hydrogen-bond donors (Lipinski definition) is 2. The maximum Gasteiger partial charge on any atom is 0.248 e. The van der Waals surface area contributed by atoms with E-state index in [1.165, 1.54) is 17.0 Å². The quantitative estimate of drug-likeness (QED) is 0.423. The van der Waals surface area contributed by atoms with Crippen molar-refractivity contribution in [3.05, 3.63) is 112 Å². The molecule has 7 nitrogen and oxygen atoms in total. The zero-order valence-electron chi connectivity index (χ0n) is 18.6. The smallest absolute Gasteiger partial charge is 0.248 e. The summed E-state index contributed by atoms with van der Waals surface area (Å²) in [5, 5.41) is 17.7. The van der Waals surface area contributed by atoms with Gasteiger partial charge in [0.05, 0.1) is 17.8 Å². The van der Waals surface area contributed by atoms with Crippen molar-refractivity contribution in [3.8, 4) is 23.2 Å². The number of H-pyrrole nitrogens is 1. The molecular weight excluding hydrogens is 481 g/mol. The van der Waals surface area contributed by atoms with Crippen molar-refractivity contribution in [1.82, 2.24) is 10.2 Å². The van der Waals surface area contributed by atoms with Crippen molar-refractivity contribution in [3.63, 3.8) is 0 Å². The first kappa shape index (κ1) is 21.9. The van der Waals surface area contributed by atoms with Gasteiger partial charge in [0, 0.05) is 27.4 Å². The lowest BCUT2D eigenvalue weighted by atomic mass is 9.68. The number of amides is 1. The molecule has 1 spiro atoms. The number of para-hydroxylation sites is 1. The minimum Gasteiger partial charge on any atom is -0.420 e. The number of ether oxygens (including phenoxy) is 1. The highest BCUT2D eigenvalue weighted by Crippen LogP contribution is 2.57. The SMILES string of the molecule is N#CC1=C(N)Oc2n[nH]c(-c3ccccc3)c2[C@]12C(=O)N(Cc1c(F)cccc1Cl)c1ccccc12. The Kier molecular flexibility index (Phi) is 4.85. The normalized spacial score (nSPS) is 18.1. The highest BCUT2D eigenvalue weighted by Gasteiger charge is 2.61. The van der Waals surface area contributed by atoms with E-state index >= 15 is 0 Å². The predicted octanol–water partition coefficient (Wildman–Crippen LogP) is 4.79. The third kappa shape index (κ3) is 2.84. The molecule has 0 radical (unpaired) electrons. The van der Waals surface area contributed by atoms with E-state index in [1.807, 2.05) is 30.3 Å². The summed E-state index contributed by atoms with van der Waals surface area (Å²) in [5.41, 5.74) is 7.31. The van der Waals surface area contributed by atoms with E-state index in [4.69, 9.17) is 22.1 Å². The molecule has 1 atom stereocenters. The van der Waals surface area contributed by atoms with Crippen molar-refractivity contribution >= 4 is 23.2 Å². The van der Waals surface area contributed by atoms with Crippen LogP contribution < -0.4 is 15.4 Å². The second-order valence-corrected chi connectivity index (χ2v) is 8.86. The Morgan fingerprint density at radius 3 is 2.61 bits per heavy atom.